The van der Waals surface area contributed by atoms with Gasteiger partial charge < -0.3 is 0 Å². The summed E-state index contributed by atoms with van der Waals surface area (Å²) >= 11 is 5.84. The van der Waals surface area contributed by atoms with Crippen molar-refractivity contribution in [2.24, 2.45) is 5.10 Å². The lowest BCUT2D eigenvalue weighted by molar-refractivity contribution is 0.521. The fraction of sp³-hybridized carbons (Fsp3) is 0.214. The van der Waals surface area contributed by atoms with E-state index in [1.54, 1.807) is 19.1 Å². The summed E-state index contributed by atoms with van der Waals surface area (Å²) in [6, 6.07) is 6.31. The highest BCUT2D eigenvalue weighted by molar-refractivity contribution is 7.89. The van der Waals surface area contributed by atoms with Crippen LogP contribution in [0.5, 0.6) is 0 Å². The van der Waals surface area contributed by atoms with E-state index in [-0.39, 0.29) is 15.6 Å². The van der Waals surface area contributed by atoms with Gasteiger partial charge in [-0.2, -0.15) is 10.2 Å². The third kappa shape index (κ3) is 3.81. The minimum atomic E-state index is -3.47. The van der Waals surface area contributed by atoms with Crippen LogP contribution in [0.15, 0.2) is 45.3 Å². The second-order valence-electron chi connectivity index (χ2n) is 5.05. The lowest BCUT2D eigenvalue weighted by Crippen LogP contribution is -2.22. The molecule has 0 amide bonds. The first kappa shape index (κ1) is 18.1. The molecular formula is C14H16ClN5O3S. The Kier molecular flexibility index (Phi) is 5.37. The van der Waals surface area contributed by atoms with Crippen molar-refractivity contribution >= 4 is 33.0 Å². The van der Waals surface area contributed by atoms with E-state index in [4.69, 9.17) is 11.6 Å². The highest BCUT2D eigenvalue weighted by Crippen LogP contribution is 2.16. The summed E-state index contributed by atoms with van der Waals surface area (Å²) in [5.74, 6) is 0. The minimum Gasteiger partial charge on any atom is -0.275 e. The van der Waals surface area contributed by atoms with E-state index in [9.17, 15) is 13.2 Å². The van der Waals surface area contributed by atoms with Crippen molar-refractivity contribution in [1.82, 2.24) is 14.5 Å². The summed E-state index contributed by atoms with van der Waals surface area (Å²) in [6.45, 7) is 1.73. The Balaban J connectivity index is 2.22. The molecule has 1 heterocycles. The van der Waals surface area contributed by atoms with Crippen LogP contribution in [-0.4, -0.2) is 42.7 Å². The summed E-state index contributed by atoms with van der Waals surface area (Å²) in [6.07, 6.45) is 1.34. The topological polar surface area (TPSA) is 108 Å². The molecule has 0 radical (unpaired) electrons. The van der Waals surface area contributed by atoms with Gasteiger partial charge in [-0.3, -0.25) is 10.2 Å². The van der Waals surface area contributed by atoms with Crippen LogP contribution in [-0.2, 0) is 10.0 Å². The maximum atomic E-state index is 12.0. The number of nitrogens with zero attached hydrogens (tertiary/aromatic N) is 3. The number of aromatic nitrogens is 2. The van der Waals surface area contributed by atoms with Gasteiger partial charge in [0.2, 0.25) is 10.0 Å². The maximum Gasteiger partial charge on any atom is 0.285 e. The van der Waals surface area contributed by atoms with Crippen LogP contribution in [0.25, 0.3) is 0 Å². The van der Waals surface area contributed by atoms with Crippen LogP contribution in [0, 0.1) is 0 Å². The van der Waals surface area contributed by atoms with E-state index in [2.05, 4.69) is 20.7 Å². The SMILES string of the molecule is C/C(=N/Nc1cn[nH]c(=O)c1Cl)c1ccc(S(=O)(=O)N(C)C)cc1. The summed E-state index contributed by atoms with van der Waals surface area (Å²) in [5, 5.41) is 9.90. The predicted octanol–water partition coefficient (Wildman–Crippen LogP) is 1.51. The lowest BCUT2D eigenvalue weighted by atomic mass is 10.1. The maximum absolute atomic E-state index is 12.0. The molecule has 0 fully saturated rings. The number of sulfonamides is 1. The highest BCUT2D eigenvalue weighted by Gasteiger charge is 2.16. The van der Waals surface area contributed by atoms with Gasteiger partial charge in [-0.15, -0.1) is 0 Å². The van der Waals surface area contributed by atoms with Crippen molar-refractivity contribution < 1.29 is 8.42 Å². The van der Waals surface area contributed by atoms with Crippen LogP contribution >= 0.6 is 11.6 Å². The molecule has 0 aliphatic heterocycles. The fourth-order valence-corrected chi connectivity index (χ4v) is 2.78. The molecule has 0 atom stereocenters. The zero-order chi connectivity index (χ0) is 17.9. The Hall–Kier alpha value is -2.23. The molecule has 128 valence electrons. The molecule has 1 aromatic carbocycles. The Morgan fingerprint density at radius 2 is 1.92 bits per heavy atom. The first-order chi connectivity index (χ1) is 11.2. The first-order valence-corrected chi connectivity index (χ1v) is 8.61. The van der Waals surface area contributed by atoms with Gasteiger partial charge in [0.25, 0.3) is 5.56 Å². The molecule has 0 bridgehead atoms. The fourth-order valence-electron chi connectivity index (χ4n) is 1.75. The van der Waals surface area contributed by atoms with E-state index >= 15 is 0 Å². The number of H-pyrrole nitrogens is 1. The largest absolute Gasteiger partial charge is 0.285 e. The molecule has 0 aliphatic carbocycles. The Morgan fingerprint density at radius 3 is 2.50 bits per heavy atom. The van der Waals surface area contributed by atoms with Crippen molar-refractivity contribution in [2.75, 3.05) is 19.5 Å². The zero-order valence-corrected chi connectivity index (χ0v) is 14.8. The van der Waals surface area contributed by atoms with E-state index in [0.29, 0.717) is 11.3 Å². The average Bonchev–Trinajstić information content (AvgIpc) is 2.56. The van der Waals surface area contributed by atoms with E-state index < -0.39 is 15.6 Å². The smallest absolute Gasteiger partial charge is 0.275 e. The summed E-state index contributed by atoms with van der Waals surface area (Å²) in [7, 11) is -0.528. The first-order valence-electron chi connectivity index (χ1n) is 6.80. The van der Waals surface area contributed by atoms with Crippen LogP contribution < -0.4 is 11.0 Å². The second kappa shape index (κ2) is 7.12. The monoisotopic (exact) mass is 369 g/mol. The van der Waals surface area contributed by atoms with Crippen molar-refractivity contribution in [1.29, 1.82) is 0 Å². The zero-order valence-electron chi connectivity index (χ0n) is 13.2. The van der Waals surface area contributed by atoms with Gasteiger partial charge in [-0.25, -0.2) is 17.8 Å². The molecule has 10 heteroatoms. The predicted molar refractivity (Wildman–Crippen MR) is 93.0 cm³/mol. The molecule has 2 N–H and O–H groups in total. The number of anilines is 1. The van der Waals surface area contributed by atoms with Crippen LogP contribution in [0.1, 0.15) is 12.5 Å². The number of rotatable bonds is 5. The molecule has 0 unspecified atom stereocenters. The molecule has 0 aliphatic rings. The van der Waals surface area contributed by atoms with Gasteiger partial charge in [0.1, 0.15) is 10.7 Å². The third-order valence-electron chi connectivity index (χ3n) is 3.19. The molecule has 2 rings (SSSR count). The molecule has 24 heavy (non-hydrogen) atoms. The van der Waals surface area contributed by atoms with Gasteiger partial charge in [0.05, 0.1) is 16.8 Å². The lowest BCUT2D eigenvalue weighted by Gasteiger charge is -2.11. The summed E-state index contributed by atoms with van der Waals surface area (Å²) in [4.78, 5) is 11.5. The van der Waals surface area contributed by atoms with Gasteiger partial charge in [-0.05, 0) is 24.6 Å². The third-order valence-corrected chi connectivity index (χ3v) is 5.39. The molecule has 1 aromatic heterocycles. The number of hydrazone groups is 1. The molecule has 8 nitrogen and oxygen atoms in total. The number of halogens is 1. The van der Waals surface area contributed by atoms with Crippen LogP contribution in [0.2, 0.25) is 5.02 Å². The van der Waals surface area contributed by atoms with E-state index in [0.717, 1.165) is 4.31 Å². The number of nitrogens with one attached hydrogen (secondary N) is 2. The summed E-state index contributed by atoms with van der Waals surface area (Å²) < 4.78 is 25.2. The van der Waals surface area contributed by atoms with E-state index in [1.807, 2.05) is 0 Å². The molecule has 2 aromatic rings. The molecule has 0 saturated carbocycles. The van der Waals surface area contributed by atoms with Crippen molar-refractivity contribution in [3.8, 4) is 0 Å². The average molecular weight is 370 g/mol. The number of hydrogen-bond donors (Lipinski definition) is 2. The van der Waals surface area contributed by atoms with Gasteiger partial charge in [0.15, 0.2) is 0 Å². The standard InChI is InChI=1S/C14H16ClN5O3S/c1-9(17-18-12-8-16-19-14(21)13(12)15)10-4-6-11(7-5-10)24(22,23)20(2)3/h4-8H,1-3H3,(H2,18,19,21)/b17-9-. The highest BCUT2D eigenvalue weighted by atomic mass is 35.5. The normalized spacial score (nSPS) is 12.5. The van der Waals surface area contributed by atoms with Gasteiger partial charge in [-0.1, -0.05) is 23.7 Å². The van der Waals surface area contributed by atoms with Crippen LogP contribution in [0.4, 0.5) is 5.69 Å². The quantitative estimate of drug-likeness (QED) is 0.613. The number of aromatic amines is 1. The summed E-state index contributed by atoms with van der Waals surface area (Å²) in [5.41, 5.74) is 3.71. The Labute approximate surface area is 144 Å². The second-order valence-corrected chi connectivity index (χ2v) is 7.58. The molecule has 0 spiro atoms. The number of benzene rings is 1. The van der Waals surface area contributed by atoms with Crippen molar-refractivity contribution in [2.45, 2.75) is 11.8 Å². The van der Waals surface area contributed by atoms with Crippen molar-refractivity contribution in [3.63, 3.8) is 0 Å². The Bertz CT molecular complexity index is 920. The molecular weight excluding hydrogens is 354 g/mol. The Morgan fingerprint density at radius 1 is 1.29 bits per heavy atom. The van der Waals surface area contributed by atoms with Gasteiger partial charge in [0, 0.05) is 14.1 Å². The van der Waals surface area contributed by atoms with E-state index in [1.165, 1.54) is 32.4 Å². The van der Waals surface area contributed by atoms with Crippen LogP contribution in [0.3, 0.4) is 0 Å². The molecule has 0 saturated heterocycles. The number of hydrogen-bond acceptors (Lipinski definition) is 6. The van der Waals surface area contributed by atoms with Crippen molar-refractivity contribution in [3.05, 3.63) is 51.4 Å². The minimum absolute atomic E-state index is 0.0472. The van der Waals surface area contributed by atoms with Gasteiger partial charge >= 0.3 is 0 Å².